The predicted molar refractivity (Wildman–Crippen MR) is 42.5 cm³/mol. The van der Waals surface area contributed by atoms with Crippen LogP contribution in [-0.4, -0.2) is 16.6 Å². The first-order chi connectivity index (χ1) is 3.83. The molecule has 1 saturated heterocycles. The third-order valence-corrected chi connectivity index (χ3v) is 2.47. The van der Waals surface area contributed by atoms with Crippen LogP contribution in [0, 0.1) is 0 Å². The second-order valence-corrected chi connectivity index (χ2v) is 3.18. The van der Waals surface area contributed by atoms with E-state index in [0.29, 0.717) is 12.2 Å². The van der Waals surface area contributed by atoms with Gasteiger partial charge in [-0.1, -0.05) is 22.6 Å². The summed E-state index contributed by atoms with van der Waals surface area (Å²) in [5, 5.41) is 0. The zero-order chi connectivity index (χ0) is 5.98. The summed E-state index contributed by atoms with van der Waals surface area (Å²) in [5.74, 6) is 0. The van der Waals surface area contributed by atoms with Gasteiger partial charge < -0.3 is 4.74 Å². The molecule has 0 aromatic carbocycles. The molecule has 2 heteroatoms. The summed E-state index contributed by atoms with van der Waals surface area (Å²) in [6.45, 7) is 2.15. The van der Waals surface area contributed by atoms with E-state index in [2.05, 4.69) is 29.5 Å². The van der Waals surface area contributed by atoms with E-state index in [1.165, 1.54) is 12.8 Å². The Hall–Kier alpha value is 0.690. The lowest BCUT2D eigenvalue weighted by Gasteiger charge is -2.04. The molecule has 2 atom stereocenters. The molecule has 1 rings (SSSR count). The maximum atomic E-state index is 5.50. The Morgan fingerprint density at radius 3 is 2.62 bits per heavy atom. The maximum Gasteiger partial charge on any atom is 0.0669 e. The van der Waals surface area contributed by atoms with Crippen LogP contribution in [0.2, 0.25) is 0 Å². The van der Waals surface area contributed by atoms with Crippen LogP contribution in [-0.2, 0) is 4.74 Å². The van der Waals surface area contributed by atoms with Crippen molar-refractivity contribution in [1.29, 1.82) is 0 Å². The van der Waals surface area contributed by atoms with E-state index in [1.807, 2.05) is 0 Å². The Morgan fingerprint density at radius 1 is 1.62 bits per heavy atom. The zero-order valence-electron chi connectivity index (χ0n) is 5.06. The highest BCUT2D eigenvalue weighted by molar-refractivity contribution is 14.1. The minimum Gasteiger partial charge on any atom is -0.374 e. The van der Waals surface area contributed by atoms with Crippen molar-refractivity contribution in [3.63, 3.8) is 0 Å². The molecule has 0 aromatic heterocycles. The molecule has 0 N–H and O–H groups in total. The van der Waals surface area contributed by atoms with E-state index in [0.717, 1.165) is 4.43 Å². The van der Waals surface area contributed by atoms with Gasteiger partial charge in [0.1, 0.15) is 0 Å². The van der Waals surface area contributed by atoms with Gasteiger partial charge in [0.05, 0.1) is 12.2 Å². The first-order valence-corrected chi connectivity index (χ1v) is 4.57. The standard InChI is InChI=1S/C6H11IO/c1-5-2-3-6(4-7)8-5/h5-6H,2-4H2,1H3. The molecule has 1 nitrogen and oxygen atoms in total. The second kappa shape index (κ2) is 3.01. The predicted octanol–water partition coefficient (Wildman–Crippen LogP) is 1.99. The number of ether oxygens (including phenoxy) is 1. The summed E-state index contributed by atoms with van der Waals surface area (Å²) >= 11 is 2.37. The van der Waals surface area contributed by atoms with Crippen LogP contribution in [0.4, 0.5) is 0 Å². The SMILES string of the molecule is CC1CCC(CI)O1. The van der Waals surface area contributed by atoms with Gasteiger partial charge in [0.15, 0.2) is 0 Å². The first-order valence-electron chi connectivity index (χ1n) is 3.04. The molecule has 0 saturated carbocycles. The fourth-order valence-electron chi connectivity index (χ4n) is 0.999. The summed E-state index contributed by atoms with van der Waals surface area (Å²) in [6, 6.07) is 0. The highest BCUT2D eigenvalue weighted by atomic mass is 127. The van der Waals surface area contributed by atoms with Crippen molar-refractivity contribution in [3.8, 4) is 0 Å². The largest absolute Gasteiger partial charge is 0.374 e. The van der Waals surface area contributed by atoms with Crippen LogP contribution in [0.25, 0.3) is 0 Å². The molecular weight excluding hydrogens is 215 g/mol. The van der Waals surface area contributed by atoms with E-state index in [4.69, 9.17) is 4.74 Å². The van der Waals surface area contributed by atoms with Gasteiger partial charge in [-0.05, 0) is 19.8 Å². The minimum atomic E-state index is 0.523. The minimum absolute atomic E-state index is 0.523. The van der Waals surface area contributed by atoms with Gasteiger partial charge in [-0.15, -0.1) is 0 Å². The van der Waals surface area contributed by atoms with Gasteiger partial charge in [0.2, 0.25) is 0 Å². The van der Waals surface area contributed by atoms with E-state index in [9.17, 15) is 0 Å². The monoisotopic (exact) mass is 226 g/mol. The highest BCUT2D eigenvalue weighted by Gasteiger charge is 2.19. The highest BCUT2D eigenvalue weighted by Crippen LogP contribution is 2.19. The fourth-order valence-corrected chi connectivity index (χ4v) is 1.65. The number of alkyl halides is 1. The fraction of sp³-hybridized carbons (Fsp3) is 1.00. The smallest absolute Gasteiger partial charge is 0.0669 e. The Balaban J connectivity index is 2.22. The quantitative estimate of drug-likeness (QED) is 0.490. The lowest BCUT2D eigenvalue weighted by Crippen LogP contribution is -2.08. The number of hydrogen-bond donors (Lipinski definition) is 0. The summed E-state index contributed by atoms with van der Waals surface area (Å²) in [4.78, 5) is 0. The van der Waals surface area contributed by atoms with Gasteiger partial charge in [-0.2, -0.15) is 0 Å². The number of halogens is 1. The Labute approximate surface area is 63.9 Å². The van der Waals surface area contributed by atoms with Crippen LogP contribution in [0.3, 0.4) is 0 Å². The molecule has 48 valence electrons. The summed E-state index contributed by atoms with van der Waals surface area (Å²) in [5.41, 5.74) is 0. The van der Waals surface area contributed by atoms with E-state index in [1.54, 1.807) is 0 Å². The van der Waals surface area contributed by atoms with Crippen LogP contribution in [0.5, 0.6) is 0 Å². The molecular formula is C6H11IO. The molecule has 0 bridgehead atoms. The zero-order valence-corrected chi connectivity index (χ0v) is 7.22. The topological polar surface area (TPSA) is 9.23 Å². The molecule has 0 spiro atoms. The van der Waals surface area contributed by atoms with Crippen LogP contribution >= 0.6 is 22.6 Å². The summed E-state index contributed by atoms with van der Waals surface area (Å²) < 4.78 is 6.66. The second-order valence-electron chi connectivity index (χ2n) is 2.30. The van der Waals surface area contributed by atoms with E-state index in [-0.39, 0.29) is 0 Å². The van der Waals surface area contributed by atoms with E-state index < -0.39 is 0 Å². The Bertz CT molecular complexity index is 74.9. The van der Waals surface area contributed by atoms with Crippen LogP contribution in [0.15, 0.2) is 0 Å². The Kier molecular flexibility index (Phi) is 2.56. The van der Waals surface area contributed by atoms with Crippen molar-refractivity contribution in [2.75, 3.05) is 4.43 Å². The maximum absolute atomic E-state index is 5.50. The van der Waals surface area contributed by atoms with Crippen molar-refractivity contribution in [3.05, 3.63) is 0 Å². The van der Waals surface area contributed by atoms with Gasteiger partial charge in [0.25, 0.3) is 0 Å². The molecule has 1 fully saturated rings. The van der Waals surface area contributed by atoms with Crippen molar-refractivity contribution in [2.45, 2.75) is 32.0 Å². The third-order valence-electron chi connectivity index (χ3n) is 1.49. The lowest BCUT2D eigenvalue weighted by atomic mass is 10.2. The van der Waals surface area contributed by atoms with Gasteiger partial charge in [0, 0.05) is 4.43 Å². The van der Waals surface area contributed by atoms with Gasteiger partial charge in [-0.25, -0.2) is 0 Å². The van der Waals surface area contributed by atoms with Gasteiger partial charge in [-0.3, -0.25) is 0 Å². The van der Waals surface area contributed by atoms with Crippen molar-refractivity contribution < 1.29 is 4.74 Å². The molecule has 1 aliphatic heterocycles. The van der Waals surface area contributed by atoms with Crippen LogP contribution in [0.1, 0.15) is 19.8 Å². The average Bonchev–Trinajstić information content (AvgIpc) is 2.14. The third kappa shape index (κ3) is 1.58. The molecule has 8 heavy (non-hydrogen) atoms. The van der Waals surface area contributed by atoms with Crippen molar-refractivity contribution >= 4 is 22.6 Å². The Morgan fingerprint density at radius 2 is 2.38 bits per heavy atom. The number of rotatable bonds is 1. The van der Waals surface area contributed by atoms with Gasteiger partial charge >= 0.3 is 0 Å². The van der Waals surface area contributed by atoms with Crippen molar-refractivity contribution in [1.82, 2.24) is 0 Å². The molecule has 1 heterocycles. The summed E-state index contributed by atoms with van der Waals surface area (Å²) in [7, 11) is 0. The molecule has 0 aromatic rings. The van der Waals surface area contributed by atoms with E-state index >= 15 is 0 Å². The summed E-state index contributed by atoms with van der Waals surface area (Å²) in [6.07, 6.45) is 3.61. The lowest BCUT2D eigenvalue weighted by molar-refractivity contribution is 0.0716. The average molecular weight is 226 g/mol. The van der Waals surface area contributed by atoms with Crippen LogP contribution < -0.4 is 0 Å². The normalized spacial score (nSPS) is 38.2. The number of hydrogen-bond acceptors (Lipinski definition) is 1. The van der Waals surface area contributed by atoms with Crippen molar-refractivity contribution in [2.24, 2.45) is 0 Å². The molecule has 0 aliphatic carbocycles. The first kappa shape index (κ1) is 6.81. The molecule has 2 unspecified atom stereocenters. The molecule has 1 aliphatic rings. The molecule has 0 amide bonds. The molecule has 0 radical (unpaired) electrons.